The molecular formula is C14H18O2S. The van der Waals surface area contributed by atoms with Gasteiger partial charge >= 0.3 is 0 Å². The molecule has 1 N–H and O–H groups in total. The highest BCUT2D eigenvalue weighted by Gasteiger charge is 2.13. The van der Waals surface area contributed by atoms with Crippen LogP contribution in [0.1, 0.15) is 25.7 Å². The lowest BCUT2D eigenvalue weighted by atomic mass is 10.2. The van der Waals surface area contributed by atoms with Crippen molar-refractivity contribution in [3.63, 3.8) is 0 Å². The number of fused-ring (bicyclic) bond motifs is 1. The second-order valence-corrected chi connectivity index (χ2v) is 5.71. The number of hydrogen-bond acceptors (Lipinski definition) is 3. The molecule has 92 valence electrons. The SMILES string of the molecule is CC(C)CSCC(O)c1cc2ccccc2o1. The maximum absolute atomic E-state index is 10.0. The van der Waals surface area contributed by atoms with Gasteiger partial charge in [-0.05, 0) is 23.8 Å². The summed E-state index contributed by atoms with van der Waals surface area (Å²) in [4.78, 5) is 0. The molecule has 0 aliphatic heterocycles. The Bertz CT molecular complexity index is 443. The molecule has 17 heavy (non-hydrogen) atoms. The van der Waals surface area contributed by atoms with Crippen LogP contribution in [-0.2, 0) is 0 Å². The first kappa shape index (κ1) is 12.5. The van der Waals surface area contributed by atoms with Crippen molar-refractivity contribution in [2.24, 2.45) is 5.92 Å². The van der Waals surface area contributed by atoms with Gasteiger partial charge in [-0.3, -0.25) is 0 Å². The minimum atomic E-state index is -0.508. The third-order valence-electron chi connectivity index (χ3n) is 2.50. The summed E-state index contributed by atoms with van der Waals surface area (Å²) in [7, 11) is 0. The molecule has 1 atom stereocenters. The largest absolute Gasteiger partial charge is 0.458 e. The van der Waals surface area contributed by atoms with Crippen molar-refractivity contribution in [2.45, 2.75) is 20.0 Å². The van der Waals surface area contributed by atoms with Gasteiger partial charge in [0.2, 0.25) is 0 Å². The molecule has 2 rings (SSSR count). The number of furan rings is 1. The minimum Gasteiger partial charge on any atom is -0.458 e. The molecule has 0 aliphatic carbocycles. The van der Waals surface area contributed by atoms with Gasteiger partial charge in [0.1, 0.15) is 17.4 Å². The van der Waals surface area contributed by atoms with Crippen LogP contribution in [0.25, 0.3) is 11.0 Å². The Morgan fingerprint density at radius 1 is 1.24 bits per heavy atom. The molecule has 1 aromatic heterocycles. The molecule has 0 spiro atoms. The van der Waals surface area contributed by atoms with Crippen molar-refractivity contribution in [2.75, 3.05) is 11.5 Å². The summed E-state index contributed by atoms with van der Waals surface area (Å²) in [5.41, 5.74) is 0.843. The predicted octanol–water partition coefficient (Wildman–Crippen LogP) is 3.86. The summed E-state index contributed by atoms with van der Waals surface area (Å²) >= 11 is 1.76. The van der Waals surface area contributed by atoms with Crippen LogP contribution in [0, 0.1) is 5.92 Å². The van der Waals surface area contributed by atoms with Crippen molar-refractivity contribution in [3.05, 3.63) is 36.1 Å². The molecule has 0 saturated heterocycles. The summed E-state index contributed by atoms with van der Waals surface area (Å²) in [5, 5.41) is 11.1. The fourth-order valence-corrected chi connectivity index (χ4v) is 2.66. The van der Waals surface area contributed by atoms with Crippen molar-refractivity contribution >= 4 is 22.7 Å². The van der Waals surface area contributed by atoms with E-state index in [1.165, 1.54) is 0 Å². The maximum atomic E-state index is 10.0. The van der Waals surface area contributed by atoms with E-state index in [0.29, 0.717) is 17.4 Å². The van der Waals surface area contributed by atoms with Crippen LogP contribution in [0.5, 0.6) is 0 Å². The Morgan fingerprint density at radius 2 is 2.00 bits per heavy atom. The first-order valence-electron chi connectivity index (χ1n) is 5.91. The zero-order valence-corrected chi connectivity index (χ0v) is 11.0. The second kappa shape index (κ2) is 5.61. The number of aliphatic hydroxyl groups is 1. The monoisotopic (exact) mass is 250 g/mol. The molecule has 2 nitrogen and oxygen atoms in total. The Hall–Kier alpha value is -0.930. The Morgan fingerprint density at radius 3 is 2.71 bits per heavy atom. The summed E-state index contributed by atoms with van der Waals surface area (Å²) in [5.74, 6) is 3.08. The molecule has 3 heteroatoms. The third-order valence-corrected chi connectivity index (χ3v) is 3.95. The van der Waals surface area contributed by atoms with Crippen LogP contribution >= 0.6 is 11.8 Å². The van der Waals surface area contributed by atoms with Gasteiger partial charge in [-0.25, -0.2) is 0 Å². The van der Waals surface area contributed by atoms with Gasteiger partial charge < -0.3 is 9.52 Å². The van der Waals surface area contributed by atoms with Crippen LogP contribution in [0.3, 0.4) is 0 Å². The first-order chi connectivity index (χ1) is 8.16. The molecule has 0 aliphatic rings. The highest BCUT2D eigenvalue weighted by Crippen LogP contribution is 2.26. The standard InChI is InChI=1S/C14H18O2S/c1-10(2)8-17-9-12(15)14-7-11-5-3-4-6-13(11)16-14/h3-7,10,12,15H,8-9H2,1-2H3. The van der Waals surface area contributed by atoms with Crippen LogP contribution in [0.2, 0.25) is 0 Å². The van der Waals surface area contributed by atoms with Crippen LogP contribution in [0.15, 0.2) is 34.7 Å². The highest BCUT2D eigenvalue weighted by atomic mass is 32.2. The first-order valence-corrected chi connectivity index (χ1v) is 7.06. The van der Waals surface area contributed by atoms with Crippen molar-refractivity contribution in [1.29, 1.82) is 0 Å². The quantitative estimate of drug-likeness (QED) is 0.875. The van der Waals surface area contributed by atoms with Gasteiger partial charge in [0, 0.05) is 11.1 Å². The number of thioether (sulfide) groups is 1. The van der Waals surface area contributed by atoms with Gasteiger partial charge in [-0.15, -0.1) is 0 Å². The second-order valence-electron chi connectivity index (χ2n) is 4.63. The Balaban J connectivity index is 2.01. The van der Waals surface area contributed by atoms with Crippen molar-refractivity contribution in [1.82, 2.24) is 0 Å². The van der Waals surface area contributed by atoms with E-state index in [0.717, 1.165) is 16.7 Å². The fraction of sp³-hybridized carbons (Fsp3) is 0.429. The third kappa shape index (κ3) is 3.27. The van der Waals surface area contributed by atoms with Crippen LogP contribution < -0.4 is 0 Å². The molecule has 2 aromatic rings. The zero-order chi connectivity index (χ0) is 12.3. The Labute approximate surface area is 106 Å². The molecule has 0 amide bonds. The van der Waals surface area contributed by atoms with E-state index in [1.54, 1.807) is 11.8 Å². The van der Waals surface area contributed by atoms with Crippen LogP contribution in [0.4, 0.5) is 0 Å². The number of para-hydroxylation sites is 1. The van der Waals surface area contributed by atoms with Crippen LogP contribution in [-0.4, -0.2) is 16.6 Å². The molecule has 0 radical (unpaired) electrons. The average Bonchev–Trinajstić information content (AvgIpc) is 2.71. The van der Waals surface area contributed by atoms with E-state index in [9.17, 15) is 5.11 Å². The normalized spacial score (nSPS) is 13.4. The minimum absolute atomic E-state index is 0.508. The van der Waals surface area contributed by atoms with E-state index < -0.39 is 6.10 Å². The average molecular weight is 250 g/mol. The lowest BCUT2D eigenvalue weighted by Gasteiger charge is -2.08. The smallest absolute Gasteiger partial charge is 0.134 e. The van der Waals surface area contributed by atoms with Crippen molar-refractivity contribution in [3.8, 4) is 0 Å². The lowest BCUT2D eigenvalue weighted by Crippen LogP contribution is -2.01. The van der Waals surface area contributed by atoms with E-state index >= 15 is 0 Å². The molecule has 1 unspecified atom stereocenters. The number of rotatable bonds is 5. The van der Waals surface area contributed by atoms with Crippen molar-refractivity contribution < 1.29 is 9.52 Å². The van der Waals surface area contributed by atoms with Gasteiger partial charge in [0.05, 0.1) is 0 Å². The molecule has 0 fully saturated rings. The van der Waals surface area contributed by atoms with E-state index in [2.05, 4.69) is 13.8 Å². The highest BCUT2D eigenvalue weighted by molar-refractivity contribution is 7.99. The summed E-state index contributed by atoms with van der Waals surface area (Å²) < 4.78 is 5.62. The predicted molar refractivity (Wildman–Crippen MR) is 73.3 cm³/mol. The van der Waals surface area contributed by atoms with Gasteiger partial charge in [-0.1, -0.05) is 32.0 Å². The van der Waals surface area contributed by atoms with E-state index in [4.69, 9.17) is 4.42 Å². The lowest BCUT2D eigenvalue weighted by molar-refractivity contribution is 0.176. The zero-order valence-electron chi connectivity index (χ0n) is 10.2. The number of benzene rings is 1. The van der Waals surface area contributed by atoms with E-state index in [1.807, 2.05) is 30.3 Å². The maximum Gasteiger partial charge on any atom is 0.134 e. The molecule has 1 heterocycles. The summed E-state index contributed by atoms with van der Waals surface area (Å²) in [6, 6.07) is 9.76. The fourth-order valence-electron chi connectivity index (χ4n) is 1.66. The molecular weight excluding hydrogens is 232 g/mol. The topological polar surface area (TPSA) is 33.4 Å². The summed E-state index contributed by atoms with van der Waals surface area (Å²) in [6.07, 6.45) is -0.508. The molecule has 1 aromatic carbocycles. The molecule has 0 saturated carbocycles. The van der Waals surface area contributed by atoms with Gasteiger partial charge in [0.15, 0.2) is 0 Å². The van der Waals surface area contributed by atoms with Gasteiger partial charge in [-0.2, -0.15) is 11.8 Å². The Kier molecular flexibility index (Phi) is 4.13. The molecule has 0 bridgehead atoms. The number of hydrogen-bond donors (Lipinski definition) is 1. The van der Waals surface area contributed by atoms with E-state index in [-0.39, 0.29) is 0 Å². The van der Waals surface area contributed by atoms with Gasteiger partial charge in [0.25, 0.3) is 0 Å². The summed E-state index contributed by atoms with van der Waals surface area (Å²) in [6.45, 7) is 4.36. The number of aliphatic hydroxyl groups excluding tert-OH is 1.